The Bertz CT molecular complexity index is 698. The third-order valence-corrected chi connectivity index (χ3v) is 4.06. The second-order valence-electron chi connectivity index (χ2n) is 4.68. The molecule has 0 heterocycles. The molecule has 0 spiro atoms. The summed E-state index contributed by atoms with van der Waals surface area (Å²) in [5.74, 6) is 1.28. The number of ether oxygens (including phenoxy) is 2. The van der Waals surface area contributed by atoms with Gasteiger partial charge in [-0.15, -0.1) is 0 Å². The zero-order valence-electron chi connectivity index (χ0n) is 12.9. The van der Waals surface area contributed by atoms with Crippen LogP contribution in [0.4, 0.5) is 5.69 Å². The van der Waals surface area contributed by atoms with Crippen molar-refractivity contribution < 1.29 is 19.4 Å². The van der Waals surface area contributed by atoms with Gasteiger partial charge in [0.25, 0.3) is 0 Å². The van der Waals surface area contributed by atoms with E-state index in [1.54, 1.807) is 26.4 Å². The van der Waals surface area contributed by atoms with E-state index in [4.69, 9.17) is 9.47 Å². The van der Waals surface area contributed by atoms with E-state index in [0.29, 0.717) is 11.4 Å². The van der Waals surface area contributed by atoms with Crippen molar-refractivity contribution in [1.82, 2.24) is 0 Å². The molecule has 122 valence electrons. The van der Waals surface area contributed by atoms with Crippen molar-refractivity contribution >= 4 is 28.5 Å². The number of thiol groups is 1. The van der Waals surface area contributed by atoms with Crippen molar-refractivity contribution in [1.29, 1.82) is 0 Å². The lowest BCUT2D eigenvalue weighted by Gasteiger charge is -2.08. The van der Waals surface area contributed by atoms with Gasteiger partial charge >= 0.3 is 5.97 Å². The molecule has 0 unspecified atom stereocenters. The minimum atomic E-state index is -0.977. The summed E-state index contributed by atoms with van der Waals surface area (Å²) in [6.45, 7) is 0. The smallest absolute Gasteiger partial charge is 0.337 e. The molecule has 2 aromatic carbocycles. The predicted molar refractivity (Wildman–Crippen MR) is 95.3 cm³/mol. The van der Waals surface area contributed by atoms with Crippen molar-refractivity contribution in [3.05, 3.63) is 53.6 Å². The lowest BCUT2D eigenvalue weighted by Crippen LogP contribution is -2.04. The summed E-state index contributed by atoms with van der Waals surface area (Å²) < 4.78 is 10.2. The minimum Gasteiger partial charge on any atom is -0.497 e. The fourth-order valence-electron chi connectivity index (χ4n) is 1.95. The van der Waals surface area contributed by atoms with Gasteiger partial charge in [0.2, 0.25) is 0 Å². The summed E-state index contributed by atoms with van der Waals surface area (Å²) in [4.78, 5) is 11.2. The van der Waals surface area contributed by atoms with Crippen LogP contribution >= 0.6 is 11.4 Å². The molecule has 0 aliphatic rings. The average Bonchev–Trinajstić information content (AvgIpc) is 2.58. The van der Waals surface area contributed by atoms with Gasteiger partial charge in [0.1, 0.15) is 11.5 Å². The Morgan fingerprint density at radius 1 is 1.13 bits per heavy atom. The maximum atomic E-state index is 11.2. The van der Waals surface area contributed by atoms with Crippen molar-refractivity contribution in [2.45, 2.75) is 5.75 Å². The van der Waals surface area contributed by atoms with Crippen LogP contribution < -0.4 is 14.8 Å². The Hall–Kier alpha value is -2.47. The summed E-state index contributed by atoms with van der Waals surface area (Å²) in [6, 6.07) is 12.7. The van der Waals surface area contributed by atoms with Gasteiger partial charge in [0.15, 0.2) is 0 Å². The van der Waals surface area contributed by atoms with Gasteiger partial charge in [-0.05, 0) is 29.8 Å². The Balaban J connectivity index is 2.02. The van der Waals surface area contributed by atoms with Crippen LogP contribution in [-0.4, -0.2) is 30.8 Å². The molecule has 0 amide bonds. The van der Waals surface area contributed by atoms with Crippen LogP contribution in [0.15, 0.2) is 42.5 Å². The number of rotatable bonds is 7. The number of aromatic carboxylic acids is 1. The molecule has 0 aliphatic heterocycles. The van der Waals surface area contributed by atoms with E-state index in [2.05, 4.69) is 5.32 Å². The van der Waals surface area contributed by atoms with Crippen LogP contribution in [0.25, 0.3) is 0 Å². The maximum absolute atomic E-state index is 11.2. The molecule has 0 atom stereocenters. The van der Waals surface area contributed by atoms with E-state index >= 15 is 0 Å². The quantitative estimate of drug-likeness (QED) is 0.536. The molecule has 0 radical (unpaired) electrons. The lowest BCUT2D eigenvalue weighted by atomic mass is 10.1. The number of carbonyl (C=O) groups is 1. The SMILES string of the molecule is COc1ccc(C[SH]=CNc2cc(OC)ccc2C(=O)O)cc1. The van der Waals surface area contributed by atoms with Gasteiger partial charge in [-0.25, -0.2) is 4.79 Å². The second kappa shape index (κ2) is 8.24. The highest BCUT2D eigenvalue weighted by molar-refractivity contribution is 7.96. The molecular formula is C17H19NO4S. The highest BCUT2D eigenvalue weighted by Gasteiger charge is 2.09. The predicted octanol–water partition coefficient (Wildman–Crippen LogP) is 3.24. The van der Waals surface area contributed by atoms with Crippen molar-refractivity contribution in [2.24, 2.45) is 0 Å². The monoisotopic (exact) mass is 333 g/mol. The molecule has 2 aromatic rings. The minimum absolute atomic E-state index is 0.210. The average molecular weight is 333 g/mol. The highest BCUT2D eigenvalue weighted by atomic mass is 32.1. The fourth-order valence-corrected chi connectivity index (χ4v) is 2.70. The molecule has 0 fully saturated rings. The summed E-state index contributed by atoms with van der Waals surface area (Å²) in [7, 11) is 3.18. The second-order valence-corrected chi connectivity index (χ2v) is 5.62. The van der Waals surface area contributed by atoms with Crippen molar-refractivity contribution in [3.8, 4) is 11.5 Å². The number of carboxylic acid groups (broad SMARTS) is 1. The molecule has 0 bridgehead atoms. The molecule has 23 heavy (non-hydrogen) atoms. The van der Waals surface area contributed by atoms with Gasteiger partial charge in [-0.2, -0.15) is 11.4 Å². The van der Waals surface area contributed by atoms with Crippen LogP contribution in [0, 0.1) is 0 Å². The number of hydrogen-bond acceptors (Lipinski definition) is 3. The first-order chi connectivity index (χ1) is 11.1. The highest BCUT2D eigenvalue weighted by Crippen LogP contribution is 2.22. The molecule has 2 N–H and O–H groups in total. The zero-order chi connectivity index (χ0) is 16.7. The third-order valence-electron chi connectivity index (χ3n) is 3.20. The van der Waals surface area contributed by atoms with E-state index in [-0.39, 0.29) is 5.56 Å². The number of benzene rings is 2. The van der Waals surface area contributed by atoms with Gasteiger partial charge in [0.05, 0.1) is 25.5 Å². The number of carboxylic acids is 1. The Labute approximate surface area is 138 Å². The summed E-state index contributed by atoms with van der Waals surface area (Å²) in [5.41, 5.74) is 3.72. The zero-order valence-corrected chi connectivity index (χ0v) is 13.8. The molecule has 0 aliphatic carbocycles. The Kier molecular flexibility index (Phi) is 6.05. The lowest BCUT2D eigenvalue weighted by molar-refractivity contribution is 0.0698. The van der Waals surface area contributed by atoms with E-state index in [1.165, 1.54) is 11.6 Å². The molecular weight excluding hydrogens is 314 g/mol. The molecule has 2 rings (SSSR count). The molecule has 0 saturated heterocycles. The first kappa shape index (κ1) is 16.9. The summed E-state index contributed by atoms with van der Waals surface area (Å²) >= 11 is 1.02. The van der Waals surface area contributed by atoms with Gasteiger partial charge in [-0.1, -0.05) is 12.1 Å². The number of hydrogen-bond donors (Lipinski definition) is 3. The number of nitrogens with one attached hydrogen (secondary N) is 1. The largest absolute Gasteiger partial charge is 0.497 e. The van der Waals surface area contributed by atoms with Gasteiger partial charge in [-0.3, -0.25) is 0 Å². The normalized spacial score (nSPS) is 10.9. The first-order valence-corrected chi connectivity index (χ1v) is 8.08. The first-order valence-electron chi connectivity index (χ1n) is 6.93. The Morgan fingerprint density at radius 2 is 1.78 bits per heavy atom. The molecule has 6 heteroatoms. The molecule has 0 aromatic heterocycles. The van der Waals surface area contributed by atoms with Crippen LogP contribution in [0.5, 0.6) is 11.5 Å². The van der Waals surface area contributed by atoms with Gasteiger partial charge < -0.3 is 19.9 Å². The Morgan fingerprint density at radius 3 is 2.39 bits per heavy atom. The molecule has 5 nitrogen and oxygen atoms in total. The van der Waals surface area contributed by atoms with Crippen molar-refractivity contribution in [2.75, 3.05) is 19.5 Å². The van der Waals surface area contributed by atoms with E-state index in [9.17, 15) is 9.90 Å². The standard InChI is InChI=1S/C17H19NO4S/c1-21-13-5-3-12(4-6-13)10-23-11-18-16-9-14(22-2)7-8-15(16)17(19)20/h3-9,11,18,23H,10H2,1-2H3,(H,19,20). The van der Waals surface area contributed by atoms with Crippen LogP contribution in [0.1, 0.15) is 15.9 Å². The molecule has 0 saturated carbocycles. The topological polar surface area (TPSA) is 67.8 Å². The van der Waals surface area contributed by atoms with E-state index in [1.807, 2.05) is 29.8 Å². The van der Waals surface area contributed by atoms with Crippen LogP contribution in [0.3, 0.4) is 0 Å². The third kappa shape index (κ3) is 4.75. The fraction of sp³-hybridized carbons (Fsp3) is 0.176. The number of methoxy groups -OCH3 is 2. The van der Waals surface area contributed by atoms with Gasteiger partial charge in [0, 0.05) is 17.3 Å². The summed E-state index contributed by atoms with van der Waals surface area (Å²) in [6.07, 6.45) is 0. The van der Waals surface area contributed by atoms with Crippen LogP contribution in [-0.2, 0) is 5.75 Å². The summed E-state index contributed by atoms with van der Waals surface area (Å²) in [5, 5.41) is 12.2. The van der Waals surface area contributed by atoms with Crippen molar-refractivity contribution in [3.63, 3.8) is 0 Å². The van der Waals surface area contributed by atoms with E-state index < -0.39 is 5.97 Å². The maximum Gasteiger partial charge on any atom is 0.337 e. The van der Waals surface area contributed by atoms with E-state index in [0.717, 1.165) is 22.9 Å². The number of anilines is 1. The van der Waals surface area contributed by atoms with Crippen LogP contribution in [0.2, 0.25) is 0 Å².